The Balaban J connectivity index is 1.63. The highest BCUT2D eigenvalue weighted by atomic mass is 16.5. The number of carbonyl (C=O) groups is 1. The number of morpholine rings is 1. The summed E-state index contributed by atoms with van der Waals surface area (Å²) in [6.07, 6.45) is 0. The smallest absolute Gasteiger partial charge is 0.361 e. The lowest BCUT2D eigenvalue weighted by Crippen LogP contribution is -2.38. The number of ether oxygens (including phenoxy) is 3. The molecule has 0 saturated carbocycles. The van der Waals surface area contributed by atoms with Gasteiger partial charge in [0.25, 0.3) is 0 Å². The predicted molar refractivity (Wildman–Crippen MR) is 90.5 cm³/mol. The number of hydrogen-bond donors (Lipinski definition) is 1. The molecule has 8 heteroatoms. The van der Waals surface area contributed by atoms with Gasteiger partial charge >= 0.3 is 5.97 Å². The van der Waals surface area contributed by atoms with Crippen LogP contribution in [0.3, 0.4) is 0 Å². The van der Waals surface area contributed by atoms with Crippen LogP contribution in [0.2, 0.25) is 0 Å². The van der Waals surface area contributed by atoms with Crippen LogP contribution in [0.15, 0.2) is 24.3 Å². The molecule has 0 radical (unpaired) electrons. The lowest BCUT2D eigenvalue weighted by atomic mass is 10.1. The van der Waals surface area contributed by atoms with Gasteiger partial charge in [0.2, 0.25) is 0 Å². The summed E-state index contributed by atoms with van der Waals surface area (Å²) in [6, 6.07) is 7.45. The van der Waals surface area contributed by atoms with E-state index in [1.165, 1.54) is 0 Å². The Labute approximate surface area is 146 Å². The quantitative estimate of drug-likeness (QED) is 0.757. The van der Waals surface area contributed by atoms with Crippen molar-refractivity contribution >= 4 is 5.97 Å². The Hall–Kier alpha value is -2.45. The molecule has 2 aromatic rings. The van der Waals surface area contributed by atoms with Crippen molar-refractivity contribution in [1.29, 1.82) is 0 Å². The van der Waals surface area contributed by atoms with Crippen LogP contribution in [-0.2, 0) is 9.47 Å². The third-order valence-corrected chi connectivity index (χ3v) is 3.90. The molecule has 8 nitrogen and oxygen atoms in total. The molecule has 1 aromatic heterocycles. The topological polar surface area (TPSA) is 89.6 Å². The molecule has 1 aliphatic heterocycles. The van der Waals surface area contributed by atoms with Crippen molar-refractivity contribution in [3.63, 3.8) is 0 Å². The van der Waals surface area contributed by atoms with E-state index < -0.39 is 5.97 Å². The average molecular weight is 346 g/mol. The number of aromatic nitrogens is 3. The van der Waals surface area contributed by atoms with Gasteiger partial charge in [0, 0.05) is 25.2 Å². The van der Waals surface area contributed by atoms with E-state index in [2.05, 4.69) is 20.3 Å². The summed E-state index contributed by atoms with van der Waals surface area (Å²) in [5.41, 5.74) is 1.38. The monoisotopic (exact) mass is 346 g/mol. The van der Waals surface area contributed by atoms with Gasteiger partial charge in [-0.05, 0) is 19.1 Å². The standard InChI is InChI=1S/C17H22N4O4/c1-2-24-17(22)16-15(18-20-19-16)13-4-3-5-14(12-13)25-11-8-21-6-9-23-10-7-21/h3-5,12H,2,6-11H2,1H3,(H,18,19,20). The SMILES string of the molecule is CCOC(=O)c1n[nH]nc1-c1cccc(OCCN2CCOCC2)c1. The first-order chi connectivity index (χ1) is 12.3. The normalized spacial score (nSPS) is 15.1. The number of carbonyl (C=O) groups excluding carboxylic acids is 1. The van der Waals surface area contributed by atoms with Crippen LogP contribution in [0.5, 0.6) is 5.75 Å². The predicted octanol–water partition coefficient (Wildman–Crippen LogP) is 1.36. The summed E-state index contributed by atoms with van der Waals surface area (Å²) in [6.45, 7) is 6.90. The van der Waals surface area contributed by atoms with E-state index in [0.717, 1.165) is 44.2 Å². The molecule has 1 fully saturated rings. The van der Waals surface area contributed by atoms with E-state index in [1.807, 2.05) is 24.3 Å². The maximum Gasteiger partial charge on any atom is 0.361 e. The number of hydrogen-bond acceptors (Lipinski definition) is 7. The fourth-order valence-electron chi connectivity index (χ4n) is 2.62. The zero-order valence-electron chi connectivity index (χ0n) is 14.2. The Bertz CT molecular complexity index is 697. The molecule has 0 unspecified atom stereocenters. The molecule has 0 amide bonds. The van der Waals surface area contributed by atoms with Gasteiger partial charge in [0.1, 0.15) is 18.1 Å². The van der Waals surface area contributed by atoms with Crippen LogP contribution < -0.4 is 4.74 Å². The number of benzene rings is 1. The highest BCUT2D eigenvalue weighted by Gasteiger charge is 2.19. The second-order valence-electron chi connectivity index (χ2n) is 5.57. The molecule has 0 atom stereocenters. The first-order valence-electron chi connectivity index (χ1n) is 8.39. The molecule has 2 heterocycles. The highest BCUT2D eigenvalue weighted by Crippen LogP contribution is 2.24. The van der Waals surface area contributed by atoms with E-state index in [0.29, 0.717) is 12.3 Å². The molecular weight excluding hydrogens is 324 g/mol. The average Bonchev–Trinajstić information content (AvgIpc) is 3.13. The summed E-state index contributed by atoms with van der Waals surface area (Å²) < 4.78 is 16.2. The van der Waals surface area contributed by atoms with E-state index in [9.17, 15) is 4.79 Å². The van der Waals surface area contributed by atoms with E-state index in [-0.39, 0.29) is 12.3 Å². The summed E-state index contributed by atoms with van der Waals surface area (Å²) >= 11 is 0. The molecule has 1 aliphatic rings. The molecule has 0 bridgehead atoms. The molecule has 1 N–H and O–H groups in total. The first-order valence-corrected chi connectivity index (χ1v) is 8.39. The number of nitrogens with zero attached hydrogens (tertiary/aromatic N) is 3. The largest absolute Gasteiger partial charge is 0.492 e. The first kappa shape index (κ1) is 17.4. The number of H-pyrrole nitrogens is 1. The molecule has 0 aliphatic carbocycles. The van der Waals surface area contributed by atoms with Crippen molar-refractivity contribution in [3.8, 4) is 17.0 Å². The lowest BCUT2D eigenvalue weighted by molar-refractivity contribution is 0.0322. The number of esters is 1. The van der Waals surface area contributed by atoms with Crippen LogP contribution in [0.1, 0.15) is 17.4 Å². The van der Waals surface area contributed by atoms with Crippen LogP contribution in [0.25, 0.3) is 11.3 Å². The van der Waals surface area contributed by atoms with Crippen molar-refractivity contribution in [1.82, 2.24) is 20.3 Å². The van der Waals surface area contributed by atoms with Crippen LogP contribution >= 0.6 is 0 Å². The van der Waals surface area contributed by atoms with Crippen molar-refractivity contribution in [2.75, 3.05) is 46.1 Å². The Morgan fingerprint density at radius 2 is 2.16 bits per heavy atom. The van der Waals surface area contributed by atoms with Crippen molar-refractivity contribution in [2.45, 2.75) is 6.92 Å². The van der Waals surface area contributed by atoms with Gasteiger partial charge in [-0.2, -0.15) is 10.3 Å². The molecule has 1 saturated heterocycles. The Morgan fingerprint density at radius 1 is 1.32 bits per heavy atom. The van der Waals surface area contributed by atoms with Gasteiger partial charge in [-0.3, -0.25) is 4.90 Å². The molecule has 1 aromatic carbocycles. The minimum atomic E-state index is -0.495. The minimum Gasteiger partial charge on any atom is -0.492 e. The fourth-order valence-corrected chi connectivity index (χ4v) is 2.62. The van der Waals surface area contributed by atoms with Crippen molar-refractivity contribution in [2.24, 2.45) is 0 Å². The molecule has 134 valence electrons. The molecular formula is C17H22N4O4. The van der Waals surface area contributed by atoms with Crippen LogP contribution in [-0.4, -0.2) is 72.3 Å². The van der Waals surface area contributed by atoms with Gasteiger partial charge in [-0.1, -0.05) is 12.1 Å². The number of nitrogens with one attached hydrogen (secondary N) is 1. The second-order valence-corrected chi connectivity index (χ2v) is 5.57. The zero-order chi connectivity index (χ0) is 17.5. The summed E-state index contributed by atoms with van der Waals surface area (Å²) in [5.74, 6) is 0.230. The van der Waals surface area contributed by atoms with Crippen LogP contribution in [0, 0.1) is 0 Å². The van der Waals surface area contributed by atoms with Crippen molar-refractivity contribution < 1.29 is 19.0 Å². The van der Waals surface area contributed by atoms with Gasteiger partial charge in [0.05, 0.1) is 19.8 Å². The van der Waals surface area contributed by atoms with Gasteiger partial charge in [-0.25, -0.2) is 4.79 Å². The molecule has 25 heavy (non-hydrogen) atoms. The zero-order valence-corrected chi connectivity index (χ0v) is 14.2. The fraction of sp³-hybridized carbons (Fsp3) is 0.471. The van der Waals surface area contributed by atoms with Gasteiger partial charge in [0.15, 0.2) is 5.69 Å². The highest BCUT2D eigenvalue weighted by molar-refractivity contribution is 5.93. The van der Waals surface area contributed by atoms with E-state index in [4.69, 9.17) is 14.2 Å². The Morgan fingerprint density at radius 3 is 2.96 bits per heavy atom. The number of rotatable bonds is 7. The second kappa shape index (κ2) is 8.59. The summed E-state index contributed by atoms with van der Waals surface area (Å²) in [4.78, 5) is 14.2. The third kappa shape index (κ3) is 4.55. The Kier molecular flexibility index (Phi) is 5.97. The lowest BCUT2D eigenvalue weighted by Gasteiger charge is -2.26. The summed E-state index contributed by atoms with van der Waals surface area (Å²) in [5, 5.41) is 10.4. The summed E-state index contributed by atoms with van der Waals surface area (Å²) in [7, 11) is 0. The van der Waals surface area contributed by atoms with Gasteiger partial charge in [-0.15, -0.1) is 5.10 Å². The minimum absolute atomic E-state index is 0.173. The molecule has 3 rings (SSSR count). The maximum atomic E-state index is 11.9. The number of aromatic amines is 1. The molecule has 0 spiro atoms. The third-order valence-electron chi connectivity index (χ3n) is 3.90. The van der Waals surface area contributed by atoms with Gasteiger partial charge < -0.3 is 14.2 Å². The van der Waals surface area contributed by atoms with Crippen molar-refractivity contribution in [3.05, 3.63) is 30.0 Å². The van der Waals surface area contributed by atoms with Crippen LogP contribution in [0.4, 0.5) is 0 Å². The maximum absolute atomic E-state index is 11.9. The van der Waals surface area contributed by atoms with E-state index in [1.54, 1.807) is 6.92 Å². The van der Waals surface area contributed by atoms with E-state index >= 15 is 0 Å².